The van der Waals surface area contributed by atoms with Crippen molar-refractivity contribution < 1.29 is 22.7 Å². The highest BCUT2D eigenvalue weighted by atomic mass is 32.2. The Bertz CT molecular complexity index is 1080. The summed E-state index contributed by atoms with van der Waals surface area (Å²) in [7, 11) is -3.77. The van der Waals surface area contributed by atoms with Crippen molar-refractivity contribution in [3.05, 3.63) is 59.7 Å². The highest BCUT2D eigenvalue weighted by Crippen LogP contribution is 2.22. The molecule has 0 aromatic heterocycles. The highest BCUT2D eigenvalue weighted by molar-refractivity contribution is 7.92. The van der Waals surface area contributed by atoms with Gasteiger partial charge in [-0.25, -0.2) is 8.42 Å². The second-order valence-corrected chi connectivity index (χ2v) is 10.6. The molecule has 0 unspecified atom stereocenters. The fourth-order valence-corrected chi connectivity index (χ4v) is 4.28. The van der Waals surface area contributed by atoms with E-state index in [1.807, 2.05) is 52.0 Å². The molecule has 2 aromatic rings. The molecule has 0 radical (unpaired) electrons. The third-order valence-corrected chi connectivity index (χ3v) is 6.90. The number of nitrogens with zero attached hydrogens (tertiary/aromatic N) is 2. The first-order valence-electron chi connectivity index (χ1n) is 11.8. The van der Waals surface area contributed by atoms with E-state index < -0.39 is 28.5 Å². The number of benzene rings is 2. The Morgan fingerprint density at radius 1 is 1.00 bits per heavy atom. The molecule has 2 amide bonds. The van der Waals surface area contributed by atoms with Crippen LogP contribution in [0, 0.1) is 6.92 Å². The maximum Gasteiger partial charge on any atom is 0.244 e. The first kappa shape index (κ1) is 28.2. The van der Waals surface area contributed by atoms with Crippen LogP contribution in [0.15, 0.2) is 48.5 Å². The number of rotatable bonds is 12. The van der Waals surface area contributed by atoms with Gasteiger partial charge in [-0.3, -0.25) is 13.9 Å². The third-order valence-electron chi connectivity index (χ3n) is 5.76. The van der Waals surface area contributed by atoms with E-state index in [1.165, 1.54) is 4.90 Å². The molecule has 0 spiro atoms. The predicted molar refractivity (Wildman–Crippen MR) is 139 cm³/mol. The van der Waals surface area contributed by atoms with Gasteiger partial charge in [0.25, 0.3) is 0 Å². The van der Waals surface area contributed by atoms with Gasteiger partial charge in [-0.15, -0.1) is 0 Å². The zero-order valence-corrected chi connectivity index (χ0v) is 22.3. The second kappa shape index (κ2) is 12.6. The average molecular weight is 504 g/mol. The molecule has 0 heterocycles. The number of anilines is 1. The van der Waals surface area contributed by atoms with Crippen LogP contribution in [0.2, 0.25) is 0 Å². The van der Waals surface area contributed by atoms with Crippen molar-refractivity contribution >= 4 is 27.5 Å². The van der Waals surface area contributed by atoms with E-state index in [9.17, 15) is 18.0 Å². The normalized spacial score (nSPS) is 13.0. The van der Waals surface area contributed by atoms with Crippen LogP contribution in [0.25, 0.3) is 0 Å². The smallest absolute Gasteiger partial charge is 0.244 e. The summed E-state index contributed by atoms with van der Waals surface area (Å²) in [6.07, 6.45) is 1.81. The van der Waals surface area contributed by atoms with Gasteiger partial charge >= 0.3 is 0 Å². The molecule has 0 saturated carbocycles. The van der Waals surface area contributed by atoms with Crippen molar-refractivity contribution in [2.45, 2.75) is 59.7 Å². The second-order valence-electron chi connectivity index (χ2n) is 8.70. The van der Waals surface area contributed by atoms with Crippen LogP contribution in [-0.2, 0) is 26.2 Å². The lowest BCUT2D eigenvalue weighted by Crippen LogP contribution is -2.52. The SMILES string of the molecule is CCOc1ccc(N(CC(=O)N(Cc2ccc(C)cc2)[C@H](C)C(=O)N[C@H](C)CC)S(C)(=O)=O)cc1. The predicted octanol–water partition coefficient (Wildman–Crippen LogP) is 3.49. The quantitative estimate of drug-likeness (QED) is 0.478. The Morgan fingerprint density at radius 2 is 1.60 bits per heavy atom. The van der Waals surface area contributed by atoms with Crippen molar-refractivity contribution in [2.75, 3.05) is 23.7 Å². The van der Waals surface area contributed by atoms with Gasteiger partial charge in [0.1, 0.15) is 18.3 Å². The summed E-state index contributed by atoms with van der Waals surface area (Å²) in [4.78, 5) is 27.9. The molecule has 35 heavy (non-hydrogen) atoms. The van der Waals surface area contributed by atoms with Crippen molar-refractivity contribution in [1.82, 2.24) is 10.2 Å². The largest absolute Gasteiger partial charge is 0.494 e. The number of amides is 2. The molecule has 2 atom stereocenters. The number of nitrogens with one attached hydrogen (secondary N) is 1. The number of hydrogen-bond donors (Lipinski definition) is 1. The van der Waals surface area contributed by atoms with E-state index in [0.29, 0.717) is 18.0 Å². The van der Waals surface area contributed by atoms with E-state index in [-0.39, 0.29) is 18.5 Å². The van der Waals surface area contributed by atoms with E-state index in [2.05, 4.69) is 5.32 Å². The molecular formula is C26H37N3O5S. The molecule has 0 aliphatic heterocycles. The summed E-state index contributed by atoms with van der Waals surface area (Å²) < 4.78 is 31.7. The van der Waals surface area contributed by atoms with Crippen LogP contribution in [0.3, 0.4) is 0 Å². The van der Waals surface area contributed by atoms with E-state index >= 15 is 0 Å². The van der Waals surface area contributed by atoms with Crippen LogP contribution in [-0.4, -0.2) is 56.6 Å². The number of aryl methyl sites for hydroxylation is 1. The number of ether oxygens (including phenoxy) is 1. The molecule has 9 heteroatoms. The lowest BCUT2D eigenvalue weighted by Gasteiger charge is -2.32. The molecule has 2 rings (SSSR count). The Kier molecular flexibility index (Phi) is 10.1. The van der Waals surface area contributed by atoms with Crippen molar-refractivity contribution in [3.63, 3.8) is 0 Å². The summed E-state index contributed by atoms with van der Waals surface area (Å²) in [5, 5.41) is 2.91. The zero-order chi connectivity index (χ0) is 26.2. The Morgan fingerprint density at radius 3 is 2.11 bits per heavy atom. The fraction of sp³-hybridized carbons (Fsp3) is 0.462. The van der Waals surface area contributed by atoms with Crippen LogP contribution in [0.1, 0.15) is 45.2 Å². The molecule has 8 nitrogen and oxygen atoms in total. The van der Waals surface area contributed by atoms with Crippen LogP contribution < -0.4 is 14.4 Å². The average Bonchev–Trinajstić information content (AvgIpc) is 2.81. The Labute approximate surface area is 209 Å². The minimum atomic E-state index is -3.77. The summed E-state index contributed by atoms with van der Waals surface area (Å²) in [6, 6.07) is 13.4. The molecule has 0 aliphatic carbocycles. The van der Waals surface area contributed by atoms with Crippen molar-refractivity contribution in [2.24, 2.45) is 0 Å². The monoisotopic (exact) mass is 503 g/mol. The molecule has 0 bridgehead atoms. The number of carbonyl (C=O) groups excluding carboxylic acids is 2. The van der Waals surface area contributed by atoms with Crippen LogP contribution in [0.4, 0.5) is 5.69 Å². The van der Waals surface area contributed by atoms with E-state index in [4.69, 9.17) is 4.74 Å². The lowest BCUT2D eigenvalue weighted by molar-refractivity contribution is -0.139. The van der Waals surface area contributed by atoms with Gasteiger partial charge in [-0.1, -0.05) is 36.8 Å². The fourth-order valence-electron chi connectivity index (χ4n) is 3.43. The first-order valence-corrected chi connectivity index (χ1v) is 13.7. The maximum atomic E-state index is 13.5. The molecule has 1 N–H and O–H groups in total. The highest BCUT2D eigenvalue weighted by Gasteiger charge is 2.30. The number of carbonyl (C=O) groups is 2. The molecule has 0 fully saturated rings. The minimum Gasteiger partial charge on any atom is -0.494 e. The van der Waals surface area contributed by atoms with Gasteiger partial charge in [0.15, 0.2) is 0 Å². The topological polar surface area (TPSA) is 96.0 Å². The van der Waals surface area contributed by atoms with Crippen molar-refractivity contribution in [3.8, 4) is 5.75 Å². The molecule has 192 valence electrons. The molecule has 2 aromatic carbocycles. The van der Waals surface area contributed by atoms with E-state index in [0.717, 1.165) is 28.1 Å². The minimum absolute atomic E-state index is 0.0438. The van der Waals surface area contributed by atoms with Gasteiger partial charge in [0.2, 0.25) is 21.8 Å². The first-order chi connectivity index (χ1) is 16.5. The molecule has 0 saturated heterocycles. The standard InChI is InChI=1S/C26H37N3O5S/c1-7-20(4)27-26(31)21(5)28(17-22-11-9-19(3)10-12-22)25(30)18-29(35(6,32)33)23-13-15-24(16-14-23)34-8-2/h9-16,20-21H,7-8,17-18H2,1-6H3,(H,27,31)/t20-,21-/m1/s1. The van der Waals surface area contributed by atoms with Crippen LogP contribution >= 0.6 is 0 Å². The van der Waals surface area contributed by atoms with Gasteiger partial charge < -0.3 is 15.0 Å². The molecular weight excluding hydrogens is 466 g/mol. The number of sulfonamides is 1. The summed E-state index contributed by atoms with van der Waals surface area (Å²) in [5.74, 6) is -0.157. The lowest BCUT2D eigenvalue weighted by atomic mass is 10.1. The van der Waals surface area contributed by atoms with Gasteiger partial charge in [0, 0.05) is 12.6 Å². The van der Waals surface area contributed by atoms with Crippen LogP contribution in [0.5, 0.6) is 5.75 Å². The summed E-state index contributed by atoms with van der Waals surface area (Å²) >= 11 is 0. The zero-order valence-electron chi connectivity index (χ0n) is 21.4. The van der Waals surface area contributed by atoms with Gasteiger partial charge in [-0.2, -0.15) is 0 Å². The van der Waals surface area contributed by atoms with Gasteiger partial charge in [-0.05, 0) is 63.9 Å². The number of hydrogen-bond acceptors (Lipinski definition) is 5. The summed E-state index contributed by atoms with van der Waals surface area (Å²) in [6.45, 7) is 9.57. The van der Waals surface area contributed by atoms with Crippen molar-refractivity contribution in [1.29, 1.82) is 0 Å². The third kappa shape index (κ3) is 8.28. The Hall–Kier alpha value is -3.07. The molecule has 0 aliphatic rings. The summed E-state index contributed by atoms with van der Waals surface area (Å²) in [5.41, 5.74) is 2.27. The van der Waals surface area contributed by atoms with E-state index in [1.54, 1.807) is 31.2 Å². The maximum absolute atomic E-state index is 13.5. The Balaban J connectivity index is 2.35. The van der Waals surface area contributed by atoms with Gasteiger partial charge in [0.05, 0.1) is 18.6 Å².